The lowest BCUT2D eigenvalue weighted by Gasteiger charge is -2.37. The summed E-state index contributed by atoms with van der Waals surface area (Å²) in [5.41, 5.74) is -1.36. The maximum absolute atomic E-state index is 12.3. The number of carboxylic acid groups (broad SMARTS) is 1. The number of carbonyl (C=O) groups is 1. The van der Waals surface area contributed by atoms with Gasteiger partial charge in [0.25, 0.3) is 10.0 Å². The summed E-state index contributed by atoms with van der Waals surface area (Å²) in [7, 11) is -3.91. The second-order valence-corrected chi connectivity index (χ2v) is 6.80. The van der Waals surface area contributed by atoms with Gasteiger partial charge in [0.2, 0.25) is 0 Å². The maximum Gasteiger partial charge on any atom is 0.324 e. The van der Waals surface area contributed by atoms with Gasteiger partial charge in [-0.15, -0.1) is 0 Å². The zero-order valence-electron chi connectivity index (χ0n) is 11.6. The van der Waals surface area contributed by atoms with Gasteiger partial charge >= 0.3 is 5.97 Å². The molecule has 2 rings (SSSR count). The lowest BCUT2D eigenvalue weighted by molar-refractivity contribution is -0.147. The molecule has 8 heteroatoms. The number of aryl methyl sites for hydroxylation is 2. The number of hydrogen-bond donors (Lipinski definition) is 2. The Balaban J connectivity index is 2.26. The van der Waals surface area contributed by atoms with Crippen LogP contribution in [0, 0.1) is 6.92 Å². The Kier molecular flexibility index (Phi) is 3.88. The Morgan fingerprint density at radius 2 is 2.20 bits per heavy atom. The van der Waals surface area contributed by atoms with Crippen molar-refractivity contribution in [2.24, 2.45) is 0 Å². The topological polar surface area (TPSA) is 101 Å². The molecule has 112 valence electrons. The highest BCUT2D eigenvalue weighted by Crippen LogP contribution is 2.33. The number of rotatable bonds is 6. The van der Waals surface area contributed by atoms with Crippen LogP contribution in [0.25, 0.3) is 0 Å². The van der Waals surface area contributed by atoms with E-state index >= 15 is 0 Å². The number of nitrogens with one attached hydrogen (secondary N) is 1. The summed E-state index contributed by atoms with van der Waals surface area (Å²) in [5, 5.41) is 9.07. The van der Waals surface area contributed by atoms with Crippen molar-refractivity contribution in [1.82, 2.24) is 14.3 Å². The fourth-order valence-corrected chi connectivity index (χ4v) is 3.70. The molecule has 1 aromatic rings. The number of hydrogen-bond acceptors (Lipinski definition) is 4. The summed E-state index contributed by atoms with van der Waals surface area (Å²) in [5.74, 6) is -0.526. The van der Waals surface area contributed by atoms with E-state index in [-0.39, 0.29) is 5.03 Å². The van der Waals surface area contributed by atoms with Crippen molar-refractivity contribution in [3.05, 3.63) is 12.0 Å². The van der Waals surface area contributed by atoms with Gasteiger partial charge in [-0.3, -0.25) is 4.79 Å². The summed E-state index contributed by atoms with van der Waals surface area (Å²) < 4.78 is 28.6. The average molecular weight is 301 g/mol. The van der Waals surface area contributed by atoms with Crippen LogP contribution in [-0.2, 0) is 21.4 Å². The molecule has 1 aliphatic carbocycles. The zero-order chi connectivity index (χ0) is 15.0. The Morgan fingerprint density at radius 1 is 1.55 bits per heavy atom. The Labute approximate surface area is 118 Å². The standard InChI is InChI=1S/C12H19N3O4S/c1-3-7-15-8-10(13-9(15)2)20(18,19)14-12(11(16)17)5-4-6-12/h8,14H,3-7H2,1-2H3,(H,16,17). The fourth-order valence-electron chi connectivity index (χ4n) is 2.28. The van der Waals surface area contributed by atoms with Crippen LogP contribution in [0.15, 0.2) is 11.2 Å². The first kappa shape index (κ1) is 15.0. The fraction of sp³-hybridized carbons (Fsp3) is 0.667. The summed E-state index contributed by atoms with van der Waals surface area (Å²) >= 11 is 0. The van der Waals surface area contributed by atoms with E-state index in [4.69, 9.17) is 0 Å². The van der Waals surface area contributed by atoms with E-state index in [0.29, 0.717) is 31.6 Å². The average Bonchev–Trinajstić information content (AvgIpc) is 2.67. The highest BCUT2D eigenvalue weighted by atomic mass is 32.2. The monoisotopic (exact) mass is 301 g/mol. The van der Waals surface area contributed by atoms with Crippen LogP contribution >= 0.6 is 0 Å². The molecule has 1 saturated carbocycles. The Bertz CT molecular complexity index is 617. The highest BCUT2D eigenvalue weighted by molar-refractivity contribution is 7.89. The van der Waals surface area contributed by atoms with Gasteiger partial charge in [-0.25, -0.2) is 13.4 Å². The zero-order valence-corrected chi connectivity index (χ0v) is 12.4. The Hall–Kier alpha value is -1.41. The molecule has 1 aromatic heterocycles. The molecular formula is C12H19N3O4S. The molecule has 0 aromatic carbocycles. The molecule has 0 spiro atoms. The molecule has 7 nitrogen and oxygen atoms in total. The molecule has 1 aliphatic rings. The van der Waals surface area contributed by atoms with Crippen LogP contribution in [0.1, 0.15) is 38.4 Å². The number of imidazole rings is 1. The van der Waals surface area contributed by atoms with Crippen LogP contribution in [0.5, 0.6) is 0 Å². The molecular weight excluding hydrogens is 282 g/mol. The molecule has 0 atom stereocenters. The molecule has 0 radical (unpaired) electrons. The second-order valence-electron chi connectivity index (χ2n) is 5.17. The van der Waals surface area contributed by atoms with Gasteiger partial charge in [-0.05, 0) is 32.6 Å². The van der Waals surface area contributed by atoms with Crippen molar-refractivity contribution in [1.29, 1.82) is 0 Å². The minimum atomic E-state index is -3.91. The van der Waals surface area contributed by atoms with Gasteiger partial charge in [0.1, 0.15) is 11.4 Å². The van der Waals surface area contributed by atoms with E-state index in [1.807, 2.05) is 6.92 Å². The number of aromatic nitrogens is 2. The Morgan fingerprint density at radius 3 is 2.65 bits per heavy atom. The molecule has 1 fully saturated rings. The van der Waals surface area contributed by atoms with E-state index in [0.717, 1.165) is 6.42 Å². The van der Waals surface area contributed by atoms with E-state index in [1.54, 1.807) is 11.5 Å². The molecule has 0 unspecified atom stereocenters. The van der Waals surface area contributed by atoms with Crippen molar-refractivity contribution in [3.8, 4) is 0 Å². The third-order valence-corrected chi connectivity index (χ3v) is 5.05. The minimum Gasteiger partial charge on any atom is -0.480 e. The molecule has 1 heterocycles. The van der Waals surface area contributed by atoms with Gasteiger partial charge in [0, 0.05) is 12.7 Å². The number of carboxylic acids is 1. The highest BCUT2D eigenvalue weighted by Gasteiger charge is 2.48. The number of aliphatic carboxylic acids is 1. The first-order chi connectivity index (χ1) is 9.31. The quantitative estimate of drug-likeness (QED) is 0.812. The lowest BCUT2D eigenvalue weighted by Crippen LogP contribution is -2.58. The molecule has 20 heavy (non-hydrogen) atoms. The normalized spacial score (nSPS) is 17.7. The smallest absolute Gasteiger partial charge is 0.324 e. The summed E-state index contributed by atoms with van der Waals surface area (Å²) in [6.45, 7) is 4.39. The first-order valence-electron chi connectivity index (χ1n) is 6.62. The molecule has 0 aliphatic heterocycles. The van der Waals surface area contributed by atoms with Crippen molar-refractivity contribution in [2.75, 3.05) is 0 Å². The largest absolute Gasteiger partial charge is 0.480 e. The molecule has 0 saturated heterocycles. The summed E-state index contributed by atoms with van der Waals surface area (Å²) in [4.78, 5) is 15.3. The molecule has 0 bridgehead atoms. The lowest BCUT2D eigenvalue weighted by atomic mass is 9.78. The van der Waals surface area contributed by atoms with Gasteiger partial charge in [-0.1, -0.05) is 6.92 Å². The van der Waals surface area contributed by atoms with E-state index in [2.05, 4.69) is 9.71 Å². The van der Waals surface area contributed by atoms with E-state index in [9.17, 15) is 18.3 Å². The molecule has 2 N–H and O–H groups in total. The summed E-state index contributed by atoms with van der Waals surface area (Å²) in [6, 6.07) is 0. The number of sulfonamides is 1. The van der Waals surface area contributed by atoms with Gasteiger partial charge in [0.05, 0.1) is 0 Å². The van der Waals surface area contributed by atoms with E-state index in [1.165, 1.54) is 6.20 Å². The van der Waals surface area contributed by atoms with Crippen LogP contribution in [0.4, 0.5) is 0 Å². The SMILES string of the molecule is CCCn1cc(S(=O)(=O)NC2(C(=O)O)CCC2)nc1C. The first-order valence-corrected chi connectivity index (χ1v) is 8.10. The van der Waals surface area contributed by atoms with Gasteiger partial charge < -0.3 is 9.67 Å². The van der Waals surface area contributed by atoms with E-state index < -0.39 is 21.5 Å². The van der Waals surface area contributed by atoms with Crippen molar-refractivity contribution in [2.45, 2.75) is 56.6 Å². The van der Waals surface area contributed by atoms with Crippen molar-refractivity contribution < 1.29 is 18.3 Å². The third-order valence-electron chi connectivity index (χ3n) is 3.64. The summed E-state index contributed by atoms with van der Waals surface area (Å²) in [6.07, 6.45) is 3.66. The van der Waals surface area contributed by atoms with Crippen LogP contribution in [-0.4, -0.2) is 34.6 Å². The minimum absolute atomic E-state index is 0.115. The van der Waals surface area contributed by atoms with Crippen molar-refractivity contribution >= 4 is 16.0 Å². The maximum atomic E-state index is 12.3. The predicted molar refractivity (Wildman–Crippen MR) is 71.8 cm³/mol. The third kappa shape index (κ3) is 2.57. The predicted octanol–water partition coefficient (Wildman–Crippen LogP) is 0.887. The second kappa shape index (κ2) is 5.17. The molecule has 0 amide bonds. The van der Waals surface area contributed by atoms with Gasteiger partial charge in [0.15, 0.2) is 5.03 Å². The van der Waals surface area contributed by atoms with Crippen LogP contribution < -0.4 is 4.72 Å². The van der Waals surface area contributed by atoms with Crippen molar-refractivity contribution in [3.63, 3.8) is 0 Å². The van der Waals surface area contributed by atoms with Crippen LogP contribution in [0.3, 0.4) is 0 Å². The number of nitrogens with zero attached hydrogens (tertiary/aromatic N) is 2. The van der Waals surface area contributed by atoms with Crippen LogP contribution in [0.2, 0.25) is 0 Å². The van der Waals surface area contributed by atoms with Gasteiger partial charge in [-0.2, -0.15) is 4.72 Å².